The standard InChI is InChI=1S/C13H25NO/c1-5-15-8-6-7-14-12-10-13(3,4)9-11(12)2/h5,11-12,14H,1,6-10H2,2-4H3. The first-order valence-corrected chi connectivity index (χ1v) is 6.01. The Hall–Kier alpha value is -0.500. The highest BCUT2D eigenvalue weighted by atomic mass is 16.5. The Labute approximate surface area is 94.1 Å². The van der Waals surface area contributed by atoms with E-state index in [1.54, 1.807) is 0 Å². The molecule has 2 unspecified atom stereocenters. The second-order valence-electron chi connectivity index (χ2n) is 5.50. The van der Waals surface area contributed by atoms with Crippen molar-refractivity contribution in [2.75, 3.05) is 13.2 Å². The fraction of sp³-hybridized carbons (Fsp3) is 0.846. The van der Waals surface area contributed by atoms with E-state index >= 15 is 0 Å². The van der Waals surface area contributed by atoms with E-state index in [0.29, 0.717) is 11.5 Å². The van der Waals surface area contributed by atoms with Gasteiger partial charge >= 0.3 is 0 Å². The lowest BCUT2D eigenvalue weighted by Gasteiger charge is -2.18. The minimum atomic E-state index is 0.523. The quantitative estimate of drug-likeness (QED) is 0.539. The van der Waals surface area contributed by atoms with Gasteiger partial charge in [0.2, 0.25) is 0 Å². The molecule has 0 saturated heterocycles. The van der Waals surface area contributed by atoms with Crippen LogP contribution in [0, 0.1) is 11.3 Å². The lowest BCUT2D eigenvalue weighted by Crippen LogP contribution is -2.32. The second kappa shape index (κ2) is 5.55. The highest BCUT2D eigenvalue weighted by molar-refractivity contribution is 4.90. The van der Waals surface area contributed by atoms with E-state index in [1.165, 1.54) is 19.1 Å². The molecule has 1 N–H and O–H groups in total. The molecule has 1 rings (SSSR count). The second-order valence-corrected chi connectivity index (χ2v) is 5.50. The minimum Gasteiger partial charge on any atom is -0.502 e. The van der Waals surface area contributed by atoms with Gasteiger partial charge in [-0.3, -0.25) is 0 Å². The van der Waals surface area contributed by atoms with Crippen molar-refractivity contribution >= 4 is 0 Å². The van der Waals surface area contributed by atoms with Crippen LogP contribution in [0.25, 0.3) is 0 Å². The zero-order chi connectivity index (χ0) is 11.3. The van der Waals surface area contributed by atoms with E-state index in [0.717, 1.165) is 25.5 Å². The van der Waals surface area contributed by atoms with Crippen LogP contribution >= 0.6 is 0 Å². The summed E-state index contributed by atoms with van der Waals surface area (Å²) in [7, 11) is 0. The highest BCUT2D eigenvalue weighted by Crippen LogP contribution is 2.40. The van der Waals surface area contributed by atoms with Crippen molar-refractivity contribution in [2.24, 2.45) is 11.3 Å². The first-order chi connectivity index (χ1) is 7.05. The van der Waals surface area contributed by atoms with Gasteiger partial charge < -0.3 is 10.1 Å². The molecule has 1 aliphatic carbocycles. The van der Waals surface area contributed by atoms with E-state index in [2.05, 4.69) is 32.7 Å². The fourth-order valence-corrected chi connectivity index (χ4v) is 2.69. The normalized spacial score (nSPS) is 29.0. The lowest BCUT2D eigenvalue weighted by atomic mass is 9.91. The van der Waals surface area contributed by atoms with Gasteiger partial charge in [0.25, 0.3) is 0 Å². The number of rotatable bonds is 6. The molecule has 2 nitrogen and oxygen atoms in total. The Morgan fingerprint density at radius 2 is 2.20 bits per heavy atom. The van der Waals surface area contributed by atoms with Gasteiger partial charge in [-0.15, -0.1) is 0 Å². The number of hydrogen-bond acceptors (Lipinski definition) is 2. The van der Waals surface area contributed by atoms with E-state index in [4.69, 9.17) is 4.74 Å². The molecular formula is C13H25NO. The van der Waals surface area contributed by atoms with Gasteiger partial charge in [0.05, 0.1) is 12.9 Å². The van der Waals surface area contributed by atoms with Crippen LogP contribution in [0.3, 0.4) is 0 Å². The molecule has 0 aromatic carbocycles. The van der Waals surface area contributed by atoms with Crippen LogP contribution in [-0.2, 0) is 4.74 Å². The minimum absolute atomic E-state index is 0.523. The third-order valence-electron chi connectivity index (χ3n) is 3.30. The predicted molar refractivity (Wildman–Crippen MR) is 64.7 cm³/mol. The molecule has 1 aliphatic rings. The van der Waals surface area contributed by atoms with Crippen molar-refractivity contribution < 1.29 is 4.74 Å². The van der Waals surface area contributed by atoms with Crippen molar-refractivity contribution in [3.63, 3.8) is 0 Å². The molecule has 2 heteroatoms. The molecule has 1 fully saturated rings. The predicted octanol–water partition coefficient (Wildman–Crippen LogP) is 2.95. The fourth-order valence-electron chi connectivity index (χ4n) is 2.69. The summed E-state index contributed by atoms with van der Waals surface area (Å²) in [6.07, 6.45) is 5.22. The molecule has 0 aromatic heterocycles. The third-order valence-corrected chi connectivity index (χ3v) is 3.30. The van der Waals surface area contributed by atoms with Gasteiger partial charge in [0.15, 0.2) is 0 Å². The summed E-state index contributed by atoms with van der Waals surface area (Å²) in [4.78, 5) is 0. The van der Waals surface area contributed by atoms with Crippen molar-refractivity contribution in [3.8, 4) is 0 Å². The summed E-state index contributed by atoms with van der Waals surface area (Å²) in [5.41, 5.74) is 0.523. The average molecular weight is 211 g/mol. The molecule has 2 atom stereocenters. The van der Waals surface area contributed by atoms with Crippen LogP contribution in [0.2, 0.25) is 0 Å². The van der Waals surface area contributed by atoms with Crippen LogP contribution in [0.4, 0.5) is 0 Å². The highest BCUT2D eigenvalue weighted by Gasteiger charge is 2.35. The first kappa shape index (κ1) is 12.6. The molecular weight excluding hydrogens is 186 g/mol. The molecule has 0 aliphatic heterocycles. The van der Waals surface area contributed by atoms with Crippen LogP contribution in [-0.4, -0.2) is 19.2 Å². The molecule has 0 heterocycles. The molecule has 0 radical (unpaired) electrons. The van der Waals surface area contributed by atoms with Gasteiger partial charge in [-0.05, 0) is 37.1 Å². The molecule has 0 spiro atoms. The SMILES string of the molecule is C=COCCCNC1CC(C)(C)CC1C. The summed E-state index contributed by atoms with van der Waals surface area (Å²) in [5, 5.41) is 3.63. The van der Waals surface area contributed by atoms with Gasteiger partial charge in [0.1, 0.15) is 0 Å². The molecule has 1 saturated carbocycles. The molecule has 0 aromatic rings. The third kappa shape index (κ3) is 4.25. The largest absolute Gasteiger partial charge is 0.502 e. The summed E-state index contributed by atoms with van der Waals surface area (Å²) in [6, 6.07) is 0.698. The zero-order valence-corrected chi connectivity index (χ0v) is 10.4. The average Bonchev–Trinajstić information content (AvgIpc) is 2.39. The zero-order valence-electron chi connectivity index (χ0n) is 10.4. The molecule has 88 valence electrons. The summed E-state index contributed by atoms with van der Waals surface area (Å²) in [6.45, 7) is 12.4. The van der Waals surface area contributed by atoms with Crippen LogP contribution < -0.4 is 5.32 Å². The van der Waals surface area contributed by atoms with Crippen molar-refractivity contribution in [1.29, 1.82) is 0 Å². The van der Waals surface area contributed by atoms with Gasteiger partial charge in [0, 0.05) is 6.04 Å². The lowest BCUT2D eigenvalue weighted by molar-refractivity contribution is 0.241. The van der Waals surface area contributed by atoms with Gasteiger partial charge in [-0.2, -0.15) is 0 Å². The maximum atomic E-state index is 5.09. The Balaban J connectivity index is 2.14. The van der Waals surface area contributed by atoms with Crippen molar-refractivity contribution in [1.82, 2.24) is 5.32 Å². The Bertz CT molecular complexity index is 201. The monoisotopic (exact) mass is 211 g/mol. The van der Waals surface area contributed by atoms with Crippen molar-refractivity contribution in [3.05, 3.63) is 12.8 Å². The van der Waals surface area contributed by atoms with Gasteiger partial charge in [-0.25, -0.2) is 0 Å². The molecule has 0 amide bonds. The van der Waals surface area contributed by atoms with E-state index in [9.17, 15) is 0 Å². The summed E-state index contributed by atoms with van der Waals surface area (Å²) < 4.78 is 5.09. The maximum absolute atomic E-state index is 5.09. The Kier molecular flexibility index (Phi) is 4.65. The van der Waals surface area contributed by atoms with Gasteiger partial charge in [-0.1, -0.05) is 27.4 Å². The first-order valence-electron chi connectivity index (χ1n) is 6.01. The van der Waals surface area contributed by atoms with Crippen LogP contribution in [0.1, 0.15) is 40.0 Å². The van der Waals surface area contributed by atoms with Crippen molar-refractivity contribution in [2.45, 2.75) is 46.1 Å². The van der Waals surface area contributed by atoms with Crippen LogP contribution in [0.5, 0.6) is 0 Å². The molecule has 15 heavy (non-hydrogen) atoms. The van der Waals surface area contributed by atoms with E-state index in [-0.39, 0.29) is 0 Å². The summed E-state index contributed by atoms with van der Waals surface area (Å²) in [5.74, 6) is 0.806. The Morgan fingerprint density at radius 1 is 1.47 bits per heavy atom. The Morgan fingerprint density at radius 3 is 2.73 bits per heavy atom. The number of nitrogens with one attached hydrogen (secondary N) is 1. The van der Waals surface area contributed by atoms with E-state index in [1.807, 2.05) is 0 Å². The topological polar surface area (TPSA) is 21.3 Å². The molecule has 0 bridgehead atoms. The number of hydrogen-bond donors (Lipinski definition) is 1. The van der Waals surface area contributed by atoms with Crippen LogP contribution in [0.15, 0.2) is 12.8 Å². The number of ether oxygens (including phenoxy) is 1. The van der Waals surface area contributed by atoms with E-state index < -0.39 is 0 Å². The smallest absolute Gasteiger partial charge is 0.0885 e. The maximum Gasteiger partial charge on any atom is 0.0885 e. The summed E-state index contributed by atoms with van der Waals surface area (Å²) >= 11 is 0.